The zero-order valence-electron chi connectivity index (χ0n) is 10.7. The average Bonchev–Trinajstić information content (AvgIpc) is 3.01. The van der Waals surface area contributed by atoms with Gasteiger partial charge in [-0.2, -0.15) is 0 Å². The molecule has 1 rings (SSSR count). The summed E-state index contributed by atoms with van der Waals surface area (Å²) in [6.45, 7) is 2.57. The van der Waals surface area contributed by atoms with Crippen molar-refractivity contribution in [2.45, 2.75) is 64.1 Å². The molecule has 1 fully saturated rings. The summed E-state index contributed by atoms with van der Waals surface area (Å²) in [6.07, 6.45) is 7.18. The molecular weight excluding hydrogens is 223 g/mol. The van der Waals surface area contributed by atoms with Gasteiger partial charge in [0.1, 0.15) is 6.61 Å². The number of carbonyl (C=O) groups excluding carboxylic acids is 1. The first-order chi connectivity index (χ1) is 8.16. The third kappa shape index (κ3) is 7.31. The first-order valence-corrected chi connectivity index (χ1v) is 6.65. The Morgan fingerprint density at radius 1 is 1.24 bits per heavy atom. The van der Waals surface area contributed by atoms with Crippen LogP contribution in [0.2, 0.25) is 0 Å². The number of epoxide rings is 1. The lowest BCUT2D eigenvalue weighted by atomic mass is 10.1. The Bertz CT molecular complexity index is 227. The highest BCUT2D eigenvalue weighted by Crippen LogP contribution is 2.34. The van der Waals surface area contributed by atoms with Gasteiger partial charge in [0.25, 0.3) is 0 Å². The van der Waals surface area contributed by atoms with Crippen molar-refractivity contribution in [1.29, 1.82) is 0 Å². The number of hydrogen-bond donors (Lipinski definition) is 0. The van der Waals surface area contributed by atoms with Gasteiger partial charge in [-0.25, -0.2) is 4.39 Å². The van der Waals surface area contributed by atoms with Crippen LogP contribution < -0.4 is 0 Å². The summed E-state index contributed by atoms with van der Waals surface area (Å²) in [6, 6.07) is 0. The number of carbonyl (C=O) groups is 1. The molecule has 1 aliphatic heterocycles. The number of alkyl halides is 1. The topological polar surface area (TPSA) is 38.8 Å². The summed E-state index contributed by atoms with van der Waals surface area (Å²) in [5, 5.41) is 0. The molecule has 4 heteroatoms. The molecule has 0 aromatic rings. The van der Waals surface area contributed by atoms with Gasteiger partial charge in [-0.05, 0) is 19.8 Å². The second-order valence-corrected chi connectivity index (χ2v) is 4.60. The minimum atomic E-state index is -1.27. The molecule has 17 heavy (non-hydrogen) atoms. The van der Waals surface area contributed by atoms with Crippen LogP contribution in [0.3, 0.4) is 0 Å². The van der Waals surface area contributed by atoms with Gasteiger partial charge in [0.15, 0.2) is 0 Å². The summed E-state index contributed by atoms with van der Waals surface area (Å²) >= 11 is 0. The van der Waals surface area contributed by atoms with Gasteiger partial charge in [0.2, 0.25) is 5.85 Å². The van der Waals surface area contributed by atoms with Crippen LogP contribution in [0.4, 0.5) is 4.39 Å². The Morgan fingerprint density at radius 3 is 2.41 bits per heavy atom. The van der Waals surface area contributed by atoms with E-state index in [9.17, 15) is 9.18 Å². The molecule has 0 amide bonds. The largest absolute Gasteiger partial charge is 0.466 e. The van der Waals surface area contributed by atoms with E-state index in [1.165, 1.54) is 0 Å². The SMILES string of the molecule is CCOC(=O)CCCCCCCCC1(F)CO1. The number of rotatable bonds is 10. The third-order valence-corrected chi connectivity index (χ3v) is 2.94. The molecule has 0 radical (unpaired) electrons. The van der Waals surface area contributed by atoms with Crippen molar-refractivity contribution in [2.24, 2.45) is 0 Å². The fourth-order valence-corrected chi connectivity index (χ4v) is 1.82. The van der Waals surface area contributed by atoms with Crippen LogP contribution in [0.1, 0.15) is 58.3 Å². The highest BCUT2D eigenvalue weighted by molar-refractivity contribution is 5.69. The third-order valence-electron chi connectivity index (χ3n) is 2.94. The molecule has 0 aromatic heterocycles. The van der Waals surface area contributed by atoms with E-state index in [1.54, 1.807) is 0 Å². The van der Waals surface area contributed by atoms with Crippen molar-refractivity contribution in [3.05, 3.63) is 0 Å². The van der Waals surface area contributed by atoms with Gasteiger partial charge >= 0.3 is 5.97 Å². The summed E-state index contributed by atoms with van der Waals surface area (Å²) in [4.78, 5) is 11.0. The normalized spacial score (nSPS) is 22.5. The highest BCUT2D eigenvalue weighted by atomic mass is 19.2. The molecule has 100 valence electrons. The van der Waals surface area contributed by atoms with Crippen molar-refractivity contribution in [2.75, 3.05) is 13.2 Å². The van der Waals surface area contributed by atoms with E-state index in [2.05, 4.69) is 4.74 Å². The van der Waals surface area contributed by atoms with Crippen molar-refractivity contribution in [3.8, 4) is 0 Å². The summed E-state index contributed by atoms with van der Waals surface area (Å²) < 4.78 is 22.5. The predicted molar refractivity (Wildman–Crippen MR) is 63.4 cm³/mol. The molecule has 0 saturated carbocycles. The van der Waals surface area contributed by atoms with Gasteiger partial charge in [-0.3, -0.25) is 4.79 Å². The van der Waals surface area contributed by atoms with E-state index in [4.69, 9.17) is 4.74 Å². The molecule has 0 spiro atoms. The second kappa shape index (κ2) is 7.64. The standard InChI is InChI=1S/C13H23FO3/c1-2-16-12(15)9-7-5-3-4-6-8-10-13(14)11-17-13/h2-11H2,1H3. The lowest BCUT2D eigenvalue weighted by Gasteiger charge is -2.03. The molecule has 0 aliphatic carbocycles. The van der Waals surface area contributed by atoms with Crippen LogP contribution in [0, 0.1) is 0 Å². The van der Waals surface area contributed by atoms with Crippen molar-refractivity contribution < 1.29 is 18.7 Å². The van der Waals surface area contributed by atoms with Gasteiger partial charge < -0.3 is 9.47 Å². The van der Waals surface area contributed by atoms with Crippen molar-refractivity contribution >= 4 is 5.97 Å². The van der Waals surface area contributed by atoms with Crippen molar-refractivity contribution in [3.63, 3.8) is 0 Å². The van der Waals surface area contributed by atoms with Crippen LogP contribution in [0.5, 0.6) is 0 Å². The summed E-state index contributed by atoms with van der Waals surface area (Å²) in [7, 11) is 0. The summed E-state index contributed by atoms with van der Waals surface area (Å²) in [5.41, 5.74) is 0. The van der Waals surface area contributed by atoms with Crippen LogP contribution in [0.25, 0.3) is 0 Å². The quantitative estimate of drug-likeness (QED) is 0.337. The zero-order valence-corrected chi connectivity index (χ0v) is 10.7. The van der Waals surface area contributed by atoms with Gasteiger partial charge in [0.05, 0.1) is 6.61 Å². The fraction of sp³-hybridized carbons (Fsp3) is 0.923. The molecule has 0 bridgehead atoms. The molecule has 1 unspecified atom stereocenters. The second-order valence-electron chi connectivity index (χ2n) is 4.60. The van der Waals surface area contributed by atoms with E-state index in [0.29, 0.717) is 19.4 Å². The number of halogens is 1. The average molecular weight is 246 g/mol. The van der Waals surface area contributed by atoms with E-state index in [0.717, 1.165) is 38.5 Å². The first kappa shape index (κ1) is 14.4. The Morgan fingerprint density at radius 2 is 1.82 bits per heavy atom. The van der Waals surface area contributed by atoms with E-state index in [-0.39, 0.29) is 12.6 Å². The molecule has 1 atom stereocenters. The molecule has 0 aromatic carbocycles. The molecule has 1 heterocycles. The maximum absolute atomic E-state index is 13.0. The molecule has 1 aliphatic rings. The minimum absolute atomic E-state index is 0.0993. The van der Waals surface area contributed by atoms with Crippen molar-refractivity contribution in [1.82, 2.24) is 0 Å². The van der Waals surface area contributed by atoms with Gasteiger partial charge in [-0.1, -0.05) is 25.7 Å². The highest BCUT2D eigenvalue weighted by Gasteiger charge is 2.44. The Kier molecular flexibility index (Phi) is 6.48. The number of esters is 1. The fourth-order valence-electron chi connectivity index (χ4n) is 1.82. The smallest absolute Gasteiger partial charge is 0.305 e. The first-order valence-electron chi connectivity index (χ1n) is 6.65. The Hall–Kier alpha value is -0.640. The maximum atomic E-state index is 13.0. The lowest BCUT2D eigenvalue weighted by molar-refractivity contribution is -0.143. The Balaban J connectivity index is 1.76. The van der Waals surface area contributed by atoms with Gasteiger partial charge in [0, 0.05) is 12.8 Å². The zero-order chi connectivity index (χ0) is 12.6. The Labute approximate surface area is 103 Å². The maximum Gasteiger partial charge on any atom is 0.305 e. The van der Waals surface area contributed by atoms with Crippen LogP contribution in [0.15, 0.2) is 0 Å². The van der Waals surface area contributed by atoms with E-state index < -0.39 is 5.85 Å². The summed E-state index contributed by atoms with van der Waals surface area (Å²) in [5.74, 6) is -1.37. The van der Waals surface area contributed by atoms with E-state index >= 15 is 0 Å². The van der Waals surface area contributed by atoms with Gasteiger partial charge in [-0.15, -0.1) is 0 Å². The molecule has 0 N–H and O–H groups in total. The number of unbranched alkanes of at least 4 members (excludes halogenated alkanes) is 5. The van der Waals surface area contributed by atoms with Crippen LogP contribution in [-0.2, 0) is 14.3 Å². The molecular formula is C13H23FO3. The number of ether oxygens (including phenoxy) is 2. The number of hydrogen-bond acceptors (Lipinski definition) is 3. The van der Waals surface area contributed by atoms with Crippen LogP contribution >= 0.6 is 0 Å². The van der Waals surface area contributed by atoms with E-state index in [1.807, 2.05) is 6.92 Å². The lowest BCUT2D eigenvalue weighted by Crippen LogP contribution is -2.03. The monoisotopic (exact) mass is 246 g/mol. The molecule has 1 saturated heterocycles. The predicted octanol–water partition coefficient (Wildman–Crippen LogP) is 3.37. The van der Waals surface area contributed by atoms with Crippen LogP contribution in [-0.4, -0.2) is 25.0 Å². The molecule has 3 nitrogen and oxygen atoms in total. The minimum Gasteiger partial charge on any atom is -0.466 e.